The summed E-state index contributed by atoms with van der Waals surface area (Å²) in [5.74, 6) is 1.20. The molecular formula is C20H28N6O2. The minimum absolute atomic E-state index is 0.165. The van der Waals surface area contributed by atoms with Gasteiger partial charge >= 0.3 is 0 Å². The van der Waals surface area contributed by atoms with Crippen molar-refractivity contribution in [2.45, 2.75) is 38.8 Å². The van der Waals surface area contributed by atoms with Crippen molar-refractivity contribution in [2.75, 3.05) is 33.4 Å². The zero-order valence-corrected chi connectivity index (χ0v) is 16.4. The number of carbonyl (C=O) groups is 1. The predicted molar refractivity (Wildman–Crippen MR) is 104 cm³/mol. The van der Waals surface area contributed by atoms with E-state index in [0.717, 1.165) is 57.7 Å². The first-order valence-electron chi connectivity index (χ1n) is 10.00. The maximum atomic E-state index is 12.5. The quantitative estimate of drug-likeness (QED) is 0.755. The lowest BCUT2D eigenvalue weighted by Gasteiger charge is -2.44. The molecule has 1 N–H and O–H groups in total. The van der Waals surface area contributed by atoms with E-state index < -0.39 is 0 Å². The van der Waals surface area contributed by atoms with E-state index >= 15 is 0 Å². The Balaban J connectivity index is 1.38. The summed E-state index contributed by atoms with van der Waals surface area (Å²) in [5.41, 5.74) is 1.50. The van der Waals surface area contributed by atoms with Crippen molar-refractivity contribution in [1.29, 1.82) is 0 Å². The zero-order valence-electron chi connectivity index (χ0n) is 16.4. The van der Waals surface area contributed by atoms with E-state index in [-0.39, 0.29) is 11.3 Å². The standard InChI is InChI=1S/C20H28N6O2/c1-28-12-9-22-19(27)18-24-23-17-4-5-20(15-26(17)18)6-10-25(11-7-20)14-16-3-2-8-21-13-16/h2-3,8,13H,4-7,9-12,14-15H2,1H3,(H,22,27). The lowest BCUT2D eigenvalue weighted by Crippen LogP contribution is -2.45. The first-order chi connectivity index (χ1) is 13.7. The number of rotatable bonds is 6. The number of amides is 1. The molecule has 0 aromatic carbocycles. The van der Waals surface area contributed by atoms with Gasteiger partial charge in [0, 0.05) is 45.6 Å². The van der Waals surface area contributed by atoms with E-state index in [9.17, 15) is 4.79 Å². The van der Waals surface area contributed by atoms with Gasteiger partial charge in [0.05, 0.1) is 6.61 Å². The number of aromatic nitrogens is 4. The molecule has 0 radical (unpaired) electrons. The van der Waals surface area contributed by atoms with Crippen LogP contribution in [0.2, 0.25) is 0 Å². The van der Waals surface area contributed by atoms with E-state index in [4.69, 9.17) is 4.74 Å². The molecule has 2 aliphatic heterocycles. The molecule has 0 unspecified atom stereocenters. The molecule has 4 rings (SSSR count). The SMILES string of the molecule is COCCNC(=O)c1nnc2n1CC1(CC2)CCN(Cc2cccnc2)CC1. The summed E-state index contributed by atoms with van der Waals surface area (Å²) in [4.78, 5) is 19.2. The fourth-order valence-electron chi connectivity index (χ4n) is 4.33. The summed E-state index contributed by atoms with van der Waals surface area (Å²) >= 11 is 0. The zero-order chi connectivity index (χ0) is 19.4. The number of likely N-dealkylation sites (tertiary alicyclic amines) is 1. The molecule has 2 aromatic heterocycles. The number of fused-ring (bicyclic) bond motifs is 1. The van der Waals surface area contributed by atoms with E-state index in [1.165, 1.54) is 5.56 Å². The summed E-state index contributed by atoms with van der Waals surface area (Å²) in [6, 6.07) is 4.13. The number of hydrogen-bond donors (Lipinski definition) is 1. The molecule has 0 bridgehead atoms. The molecule has 0 saturated carbocycles. The Bertz CT molecular complexity index is 798. The number of carbonyl (C=O) groups excluding carboxylic acids is 1. The minimum Gasteiger partial charge on any atom is -0.383 e. The molecule has 8 heteroatoms. The molecule has 1 amide bonds. The highest BCUT2D eigenvalue weighted by atomic mass is 16.5. The molecule has 1 spiro atoms. The van der Waals surface area contributed by atoms with Crippen molar-refractivity contribution in [3.8, 4) is 0 Å². The van der Waals surface area contributed by atoms with Crippen LogP contribution < -0.4 is 5.32 Å². The first-order valence-corrected chi connectivity index (χ1v) is 10.00. The van der Waals surface area contributed by atoms with E-state index in [0.29, 0.717) is 19.0 Å². The van der Waals surface area contributed by atoms with Crippen LogP contribution in [0.1, 0.15) is 41.3 Å². The molecule has 28 heavy (non-hydrogen) atoms. The Morgan fingerprint density at radius 1 is 1.29 bits per heavy atom. The van der Waals surface area contributed by atoms with E-state index in [1.807, 2.05) is 23.0 Å². The van der Waals surface area contributed by atoms with Gasteiger partial charge in [-0.3, -0.25) is 14.7 Å². The molecule has 0 aliphatic carbocycles. The van der Waals surface area contributed by atoms with Gasteiger partial charge in [-0.2, -0.15) is 0 Å². The highest BCUT2D eigenvalue weighted by molar-refractivity contribution is 5.90. The maximum absolute atomic E-state index is 12.5. The Hall–Kier alpha value is -2.32. The molecule has 8 nitrogen and oxygen atoms in total. The second-order valence-corrected chi connectivity index (χ2v) is 7.91. The summed E-state index contributed by atoms with van der Waals surface area (Å²) in [7, 11) is 1.62. The third kappa shape index (κ3) is 4.07. The number of nitrogens with one attached hydrogen (secondary N) is 1. The highest BCUT2D eigenvalue weighted by Gasteiger charge is 2.39. The van der Waals surface area contributed by atoms with Crippen LogP contribution in [-0.4, -0.2) is 63.9 Å². The van der Waals surface area contributed by atoms with Crippen LogP contribution in [-0.2, 0) is 24.2 Å². The average molecular weight is 384 g/mol. The van der Waals surface area contributed by atoms with Gasteiger partial charge in [-0.15, -0.1) is 10.2 Å². The van der Waals surface area contributed by atoms with Gasteiger partial charge < -0.3 is 14.6 Å². The fraction of sp³-hybridized carbons (Fsp3) is 0.600. The molecule has 150 valence electrons. The lowest BCUT2D eigenvalue weighted by atomic mass is 9.73. The van der Waals surface area contributed by atoms with Gasteiger partial charge in [0.15, 0.2) is 0 Å². The van der Waals surface area contributed by atoms with Gasteiger partial charge in [-0.05, 0) is 49.4 Å². The van der Waals surface area contributed by atoms with Crippen molar-refractivity contribution in [3.05, 3.63) is 41.7 Å². The predicted octanol–water partition coefficient (Wildman–Crippen LogP) is 1.28. The second kappa shape index (κ2) is 8.36. The molecule has 1 saturated heterocycles. The minimum atomic E-state index is -0.165. The third-order valence-corrected chi connectivity index (χ3v) is 6.04. The summed E-state index contributed by atoms with van der Waals surface area (Å²) in [6.07, 6.45) is 8.04. The van der Waals surface area contributed by atoms with Crippen molar-refractivity contribution >= 4 is 5.91 Å². The average Bonchev–Trinajstić information content (AvgIpc) is 3.14. The number of piperidine rings is 1. The molecule has 1 fully saturated rings. The Kier molecular flexibility index (Phi) is 5.68. The van der Waals surface area contributed by atoms with E-state index in [2.05, 4.69) is 31.5 Å². The maximum Gasteiger partial charge on any atom is 0.289 e. The Morgan fingerprint density at radius 2 is 2.14 bits per heavy atom. The smallest absolute Gasteiger partial charge is 0.289 e. The van der Waals surface area contributed by atoms with Crippen LogP contribution in [0.3, 0.4) is 0 Å². The van der Waals surface area contributed by atoms with Crippen LogP contribution in [0.5, 0.6) is 0 Å². The van der Waals surface area contributed by atoms with E-state index in [1.54, 1.807) is 7.11 Å². The number of methoxy groups -OCH3 is 1. The molecule has 0 atom stereocenters. The van der Waals surface area contributed by atoms with Crippen LogP contribution in [0.15, 0.2) is 24.5 Å². The van der Waals surface area contributed by atoms with Crippen molar-refractivity contribution in [3.63, 3.8) is 0 Å². The van der Waals surface area contributed by atoms with Crippen molar-refractivity contribution in [1.82, 2.24) is 30.0 Å². The van der Waals surface area contributed by atoms with Crippen LogP contribution >= 0.6 is 0 Å². The molecule has 2 aliphatic rings. The summed E-state index contributed by atoms with van der Waals surface area (Å²) in [6.45, 7) is 4.90. The summed E-state index contributed by atoms with van der Waals surface area (Å²) in [5, 5.41) is 11.3. The largest absolute Gasteiger partial charge is 0.383 e. The molecule has 4 heterocycles. The third-order valence-electron chi connectivity index (χ3n) is 6.04. The van der Waals surface area contributed by atoms with Gasteiger partial charge in [0.25, 0.3) is 5.91 Å². The first kappa shape index (κ1) is 19.0. The van der Waals surface area contributed by atoms with Crippen molar-refractivity contribution in [2.24, 2.45) is 5.41 Å². The fourth-order valence-corrected chi connectivity index (χ4v) is 4.33. The second-order valence-electron chi connectivity index (χ2n) is 7.91. The normalized spacial score (nSPS) is 18.8. The van der Waals surface area contributed by atoms with Gasteiger partial charge in [0.2, 0.25) is 5.82 Å². The summed E-state index contributed by atoms with van der Waals surface area (Å²) < 4.78 is 7.04. The number of aryl methyl sites for hydroxylation is 1. The van der Waals surface area contributed by atoms with Gasteiger partial charge in [-0.1, -0.05) is 6.07 Å². The van der Waals surface area contributed by atoms with Crippen molar-refractivity contribution < 1.29 is 9.53 Å². The van der Waals surface area contributed by atoms with Crippen LogP contribution in [0.25, 0.3) is 0 Å². The lowest BCUT2D eigenvalue weighted by molar-refractivity contribution is 0.0617. The van der Waals surface area contributed by atoms with Crippen LogP contribution in [0, 0.1) is 5.41 Å². The molecular weight excluding hydrogens is 356 g/mol. The number of pyridine rings is 1. The Labute approximate surface area is 165 Å². The van der Waals surface area contributed by atoms with Crippen LogP contribution in [0.4, 0.5) is 0 Å². The topological polar surface area (TPSA) is 85.2 Å². The van der Waals surface area contributed by atoms with Gasteiger partial charge in [0.1, 0.15) is 5.82 Å². The van der Waals surface area contributed by atoms with Gasteiger partial charge in [-0.25, -0.2) is 0 Å². The monoisotopic (exact) mass is 384 g/mol. The number of hydrogen-bond acceptors (Lipinski definition) is 6. The molecule has 2 aromatic rings. The highest BCUT2D eigenvalue weighted by Crippen LogP contribution is 2.41. The number of nitrogens with zero attached hydrogens (tertiary/aromatic N) is 5. The number of ether oxygens (including phenoxy) is 1. The Morgan fingerprint density at radius 3 is 2.89 bits per heavy atom.